The van der Waals surface area contributed by atoms with Crippen LogP contribution in [0, 0.1) is 0 Å². The van der Waals surface area contributed by atoms with Crippen LogP contribution in [0.15, 0.2) is 0 Å². The third-order valence-corrected chi connectivity index (χ3v) is 2.83. The first-order valence-electron chi connectivity index (χ1n) is 3.77. The van der Waals surface area contributed by atoms with E-state index in [2.05, 4.69) is 4.90 Å². The molecule has 2 atom stereocenters. The Kier molecular flexibility index (Phi) is 1.26. The van der Waals surface area contributed by atoms with E-state index in [1.54, 1.807) is 0 Å². The number of aliphatic hydroxyl groups is 1. The van der Waals surface area contributed by atoms with Gasteiger partial charge in [0.2, 0.25) is 0 Å². The second-order valence-corrected chi connectivity index (χ2v) is 3.38. The molecule has 2 heterocycles. The number of alkyl halides is 1. The molecule has 0 spiro atoms. The fourth-order valence-electron chi connectivity index (χ4n) is 2.06. The van der Waals surface area contributed by atoms with Gasteiger partial charge in [-0.05, 0) is 6.42 Å². The molecule has 2 aliphatic heterocycles. The third kappa shape index (κ3) is 0.648. The van der Waals surface area contributed by atoms with Crippen LogP contribution in [0.5, 0.6) is 0 Å². The van der Waals surface area contributed by atoms with Crippen molar-refractivity contribution in [3.05, 3.63) is 0 Å². The summed E-state index contributed by atoms with van der Waals surface area (Å²) in [4.78, 5) is 2.05. The lowest BCUT2D eigenvalue weighted by Gasteiger charge is -2.46. The summed E-state index contributed by atoms with van der Waals surface area (Å²) >= 11 is 0. The van der Waals surface area contributed by atoms with E-state index in [-0.39, 0.29) is 12.1 Å². The molecule has 0 aromatic carbocycles. The van der Waals surface area contributed by atoms with Crippen molar-refractivity contribution in [2.24, 2.45) is 0 Å². The van der Waals surface area contributed by atoms with Crippen LogP contribution in [0.25, 0.3) is 0 Å². The van der Waals surface area contributed by atoms with E-state index in [9.17, 15) is 4.39 Å². The highest BCUT2D eigenvalue weighted by Crippen LogP contribution is 2.40. The maximum absolute atomic E-state index is 12.7. The molecule has 3 heteroatoms. The van der Waals surface area contributed by atoms with Crippen molar-refractivity contribution in [3.63, 3.8) is 0 Å². The third-order valence-electron chi connectivity index (χ3n) is 2.83. The van der Waals surface area contributed by atoms with Crippen LogP contribution in [0.4, 0.5) is 4.39 Å². The first kappa shape index (κ1) is 6.55. The summed E-state index contributed by atoms with van der Waals surface area (Å²) in [6.07, 6.45) is 0.822. The zero-order valence-electron chi connectivity index (χ0n) is 5.89. The Morgan fingerprint density at radius 2 is 2.50 bits per heavy atom. The summed E-state index contributed by atoms with van der Waals surface area (Å²) in [7, 11) is 0. The zero-order chi connectivity index (χ0) is 7.19. The van der Waals surface area contributed by atoms with Gasteiger partial charge in [0.15, 0.2) is 0 Å². The summed E-state index contributed by atoms with van der Waals surface area (Å²) in [6.45, 7) is 1.65. The van der Waals surface area contributed by atoms with Crippen LogP contribution >= 0.6 is 0 Å². The Labute approximate surface area is 59.6 Å². The molecule has 1 N–H and O–H groups in total. The van der Waals surface area contributed by atoms with E-state index in [1.165, 1.54) is 0 Å². The Balaban J connectivity index is 2.10. The van der Waals surface area contributed by atoms with Gasteiger partial charge in [-0.1, -0.05) is 0 Å². The predicted molar refractivity (Wildman–Crippen MR) is 35.5 cm³/mol. The molecule has 58 valence electrons. The minimum Gasteiger partial charge on any atom is -0.394 e. The van der Waals surface area contributed by atoms with Crippen LogP contribution in [0.2, 0.25) is 0 Å². The molecule has 2 fully saturated rings. The van der Waals surface area contributed by atoms with Gasteiger partial charge in [-0.25, -0.2) is 4.39 Å². The van der Waals surface area contributed by atoms with Gasteiger partial charge in [-0.3, -0.25) is 4.90 Å². The molecule has 0 saturated carbocycles. The monoisotopic (exact) mass is 145 g/mol. The van der Waals surface area contributed by atoms with Crippen molar-refractivity contribution in [2.45, 2.75) is 24.6 Å². The highest BCUT2D eigenvalue weighted by atomic mass is 19.1. The van der Waals surface area contributed by atoms with Crippen molar-refractivity contribution in [3.8, 4) is 0 Å². The number of fused-ring (bicyclic) bond motifs is 1. The van der Waals surface area contributed by atoms with Crippen LogP contribution in [0.3, 0.4) is 0 Å². The van der Waals surface area contributed by atoms with E-state index >= 15 is 0 Å². The fraction of sp³-hybridized carbons (Fsp3) is 1.00. The molecule has 0 aromatic rings. The van der Waals surface area contributed by atoms with Crippen molar-refractivity contribution >= 4 is 0 Å². The topological polar surface area (TPSA) is 23.5 Å². The molecule has 2 unspecified atom stereocenters. The van der Waals surface area contributed by atoms with E-state index in [4.69, 9.17) is 5.11 Å². The van der Waals surface area contributed by atoms with Gasteiger partial charge in [0, 0.05) is 25.0 Å². The molecule has 2 rings (SSSR count). The van der Waals surface area contributed by atoms with Gasteiger partial charge in [0.1, 0.15) is 6.17 Å². The number of hydrogen-bond donors (Lipinski definition) is 1. The minimum absolute atomic E-state index is 0.132. The standard InChI is InChI=1S/C7H12FNO/c8-6-3-7(5-10)1-2-9(7)4-6/h6,10H,1-5H2. The lowest BCUT2D eigenvalue weighted by Crippen LogP contribution is -2.57. The number of hydrogen-bond acceptors (Lipinski definition) is 2. The molecule has 10 heavy (non-hydrogen) atoms. The molecule has 0 amide bonds. The van der Waals surface area contributed by atoms with Gasteiger partial charge >= 0.3 is 0 Å². The highest BCUT2D eigenvalue weighted by molar-refractivity contribution is 5.06. The molecule has 2 aliphatic rings. The number of rotatable bonds is 1. The second kappa shape index (κ2) is 1.92. The molecular weight excluding hydrogens is 133 g/mol. The summed E-state index contributed by atoms with van der Waals surface area (Å²) in [5.41, 5.74) is -0.139. The molecule has 0 radical (unpaired) electrons. The summed E-state index contributed by atoms with van der Waals surface area (Å²) in [6, 6.07) is 0. The van der Waals surface area contributed by atoms with Crippen LogP contribution in [0.1, 0.15) is 12.8 Å². The van der Waals surface area contributed by atoms with Gasteiger partial charge in [-0.15, -0.1) is 0 Å². The first-order valence-corrected chi connectivity index (χ1v) is 3.77. The number of aliphatic hydroxyl groups excluding tert-OH is 1. The van der Waals surface area contributed by atoms with Gasteiger partial charge < -0.3 is 5.11 Å². The maximum atomic E-state index is 12.7. The normalized spacial score (nSPS) is 46.8. The van der Waals surface area contributed by atoms with E-state index < -0.39 is 6.17 Å². The summed E-state index contributed by atoms with van der Waals surface area (Å²) in [5, 5.41) is 8.96. The Bertz CT molecular complexity index is 149. The maximum Gasteiger partial charge on any atom is 0.115 e. The van der Waals surface area contributed by atoms with E-state index in [1.807, 2.05) is 0 Å². The molecule has 2 saturated heterocycles. The molecule has 2 nitrogen and oxygen atoms in total. The summed E-state index contributed by atoms with van der Waals surface area (Å²) < 4.78 is 12.7. The zero-order valence-corrected chi connectivity index (χ0v) is 5.89. The summed E-state index contributed by atoms with van der Waals surface area (Å²) in [5.74, 6) is 0. The van der Waals surface area contributed by atoms with Crippen LogP contribution < -0.4 is 0 Å². The van der Waals surface area contributed by atoms with Gasteiger partial charge in [0.05, 0.1) is 6.61 Å². The molecular formula is C7H12FNO. The van der Waals surface area contributed by atoms with Crippen LogP contribution in [-0.2, 0) is 0 Å². The van der Waals surface area contributed by atoms with Crippen molar-refractivity contribution in [2.75, 3.05) is 19.7 Å². The lowest BCUT2D eigenvalue weighted by atomic mass is 9.86. The van der Waals surface area contributed by atoms with E-state index in [0.717, 1.165) is 13.0 Å². The van der Waals surface area contributed by atoms with Crippen molar-refractivity contribution in [1.82, 2.24) is 4.90 Å². The second-order valence-electron chi connectivity index (χ2n) is 3.38. The number of halogens is 1. The minimum atomic E-state index is -0.699. The average molecular weight is 145 g/mol. The molecule has 0 aliphatic carbocycles. The first-order chi connectivity index (χ1) is 4.77. The van der Waals surface area contributed by atoms with Gasteiger partial charge in [0.25, 0.3) is 0 Å². The van der Waals surface area contributed by atoms with Crippen molar-refractivity contribution < 1.29 is 9.50 Å². The Hall–Kier alpha value is -0.150. The predicted octanol–water partition coefficient (Wildman–Crippen LogP) is 0.165. The average Bonchev–Trinajstić information content (AvgIpc) is 2.11. The fourth-order valence-corrected chi connectivity index (χ4v) is 2.06. The van der Waals surface area contributed by atoms with Gasteiger partial charge in [-0.2, -0.15) is 0 Å². The van der Waals surface area contributed by atoms with E-state index in [0.29, 0.717) is 13.0 Å². The van der Waals surface area contributed by atoms with Crippen molar-refractivity contribution in [1.29, 1.82) is 0 Å². The smallest absolute Gasteiger partial charge is 0.115 e. The number of nitrogens with zero attached hydrogens (tertiary/aromatic N) is 1. The largest absolute Gasteiger partial charge is 0.394 e. The highest BCUT2D eigenvalue weighted by Gasteiger charge is 2.51. The Morgan fingerprint density at radius 1 is 1.70 bits per heavy atom. The molecule has 0 bridgehead atoms. The lowest BCUT2D eigenvalue weighted by molar-refractivity contribution is -0.0190. The Morgan fingerprint density at radius 3 is 2.80 bits per heavy atom. The molecule has 0 aromatic heterocycles. The SMILES string of the molecule is OCC12CCN1CC(F)C2. The van der Waals surface area contributed by atoms with Crippen LogP contribution in [-0.4, -0.2) is 41.4 Å². The quantitative estimate of drug-likeness (QED) is 0.568.